The van der Waals surface area contributed by atoms with Crippen molar-refractivity contribution in [3.8, 4) is 11.5 Å². The number of phenols is 2. The fourth-order valence-corrected chi connectivity index (χ4v) is 1.50. The molecule has 0 saturated heterocycles. The molecule has 0 aliphatic carbocycles. The van der Waals surface area contributed by atoms with Crippen LogP contribution in [0.15, 0.2) is 42.5 Å². The minimum Gasteiger partial charge on any atom is -0.508 e. The number of carbonyl (C=O) groups excluding carboxylic acids is 1. The number of benzene rings is 2. The van der Waals surface area contributed by atoms with Crippen LogP contribution in [0.1, 0.15) is 15.9 Å². The molecule has 0 aromatic heterocycles. The first-order chi connectivity index (χ1) is 8.56. The molecule has 0 heterocycles. The first-order valence-electron chi connectivity index (χ1n) is 5.46. The van der Waals surface area contributed by atoms with E-state index in [0.717, 1.165) is 5.56 Å². The number of hydrogen-bond donors (Lipinski definition) is 3. The summed E-state index contributed by atoms with van der Waals surface area (Å²) in [4.78, 5) is 11.9. The minimum absolute atomic E-state index is 0.0911. The van der Waals surface area contributed by atoms with Crippen LogP contribution in [0.3, 0.4) is 0 Å². The van der Waals surface area contributed by atoms with Crippen LogP contribution in [0.4, 0.5) is 5.69 Å². The van der Waals surface area contributed by atoms with Crippen molar-refractivity contribution in [2.75, 3.05) is 5.32 Å². The molecular weight excluding hydrogens is 230 g/mol. The lowest BCUT2D eigenvalue weighted by molar-refractivity contribution is 0.102. The van der Waals surface area contributed by atoms with Crippen LogP contribution in [0, 0.1) is 6.92 Å². The Balaban J connectivity index is 2.16. The van der Waals surface area contributed by atoms with Crippen LogP contribution in [0.25, 0.3) is 0 Å². The summed E-state index contributed by atoms with van der Waals surface area (Å²) < 4.78 is 0. The maximum atomic E-state index is 11.9. The number of rotatable bonds is 2. The highest BCUT2D eigenvalue weighted by atomic mass is 16.3. The van der Waals surface area contributed by atoms with Gasteiger partial charge in [0.1, 0.15) is 11.5 Å². The standard InChI is InChI=1S/C14H13NO3/c1-9-2-3-10(8-13(9)17)14(18)15-11-4-6-12(16)7-5-11/h2-8,16-17H,1H3,(H,15,18). The Morgan fingerprint density at radius 3 is 2.33 bits per heavy atom. The Hall–Kier alpha value is -2.49. The quantitative estimate of drug-likeness (QED) is 0.710. The molecule has 0 atom stereocenters. The second-order valence-corrected chi connectivity index (χ2v) is 4.00. The molecule has 4 nitrogen and oxygen atoms in total. The van der Waals surface area contributed by atoms with Gasteiger partial charge in [-0.15, -0.1) is 0 Å². The average Bonchev–Trinajstić information content (AvgIpc) is 2.35. The van der Waals surface area contributed by atoms with Crippen molar-refractivity contribution >= 4 is 11.6 Å². The van der Waals surface area contributed by atoms with Crippen molar-refractivity contribution in [2.24, 2.45) is 0 Å². The number of aromatic hydroxyl groups is 2. The largest absolute Gasteiger partial charge is 0.508 e. The smallest absolute Gasteiger partial charge is 0.255 e. The van der Waals surface area contributed by atoms with Gasteiger partial charge in [-0.2, -0.15) is 0 Å². The van der Waals surface area contributed by atoms with Gasteiger partial charge in [0.25, 0.3) is 5.91 Å². The summed E-state index contributed by atoms with van der Waals surface area (Å²) in [5.41, 5.74) is 1.68. The lowest BCUT2D eigenvalue weighted by Gasteiger charge is -2.06. The van der Waals surface area contributed by atoms with Crippen molar-refractivity contribution in [1.82, 2.24) is 0 Å². The van der Waals surface area contributed by atoms with E-state index < -0.39 is 0 Å². The Bertz CT molecular complexity index is 576. The maximum absolute atomic E-state index is 11.9. The zero-order chi connectivity index (χ0) is 13.1. The molecule has 2 aromatic carbocycles. The zero-order valence-corrected chi connectivity index (χ0v) is 9.84. The summed E-state index contributed by atoms with van der Waals surface area (Å²) in [5, 5.41) is 21.3. The molecular formula is C14H13NO3. The third kappa shape index (κ3) is 2.60. The molecule has 0 radical (unpaired) electrons. The van der Waals surface area contributed by atoms with E-state index in [9.17, 15) is 9.90 Å². The highest BCUT2D eigenvalue weighted by molar-refractivity contribution is 6.04. The fraction of sp³-hybridized carbons (Fsp3) is 0.0714. The van der Waals surface area contributed by atoms with Gasteiger partial charge >= 0.3 is 0 Å². The third-order valence-electron chi connectivity index (χ3n) is 2.60. The lowest BCUT2D eigenvalue weighted by atomic mass is 10.1. The van der Waals surface area contributed by atoms with E-state index in [1.807, 2.05) is 0 Å². The van der Waals surface area contributed by atoms with Crippen LogP contribution in [0.5, 0.6) is 11.5 Å². The first kappa shape index (κ1) is 12.0. The van der Waals surface area contributed by atoms with Crippen molar-refractivity contribution in [3.63, 3.8) is 0 Å². The maximum Gasteiger partial charge on any atom is 0.255 e. The van der Waals surface area contributed by atoms with Crippen molar-refractivity contribution < 1.29 is 15.0 Å². The van der Waals surface area contributed by atoms with Gasteiger partial charge in [-0.05, 0) is 48.9 Å². The number of amides is 1. The predicted octanol–water partition coefficient (Wildman–Crippen LogP) is 2.66. The molecule has 2 rings (SSSR count). The van der Waals surface area contributed by atoms with Crippen molar-refractivity contribution in [1.29, 1.82) is 0 Å². The topological polar surface area (TPSA) is 69.6 Å². The Morgan fingerprint density at radius 2 is 1.72 bits per heavy atom. The molecule has 0 aliphatic rings. The monoisotopic (exact) mass is 243 g/mol. The summed E-state index contributed by atoms with van der Waals surface area (Å²) in [6, 6.07) is 10.9. The molecule has 4 heteroatoms. The second-order valence-electron chi connectivity index (χ2n) is 4.00. The minimum atomic E-state index is -0.309. The Morgan fingerprint density at radius 1 is 1.06 bits per heavy atom. The molecule has 18 heavy (non-hydrogen) atoms. The number of carbonyl (C=O) groups is 1. The molecule has 0 bridgehead atoms. The summed E-state index contributed by atoms with van der Waals surface area (Å²) >= 11 is 0. The van der Waals surface area contributed by atoms with Gasteiger partial charge in [-0.25, -0.2) is 0 Å². The number of anilines is 1. The molecule has 0 aliphatic heterocycles. The van der Waals surface area contributed by atoms with Gasteiger partial charge < -0.3 is 15.5 Å². The Kier molecular flexibility index (Phi) is 3.19. The van der Waals surface area contributed by atoms with Gasteiger partial charge in [-0.1, -0.05) is 6.07 Å². The summed E-state index contributed by atoms with van der Waals surface area (Å²) in [6.07, 6.45) is 0. The van der Waals surface area contributed by atoms with E-state index in [4.69, 9.17) is 5.11 Å². The predicted molar refractivity (Wildman–Crippen MR) is 68.9 cm³/mol. The molecule has 0 fully saturated rings. The summed E-state index contributed by atoms with van der Waals surface area (Å²) in [6.45, 7) is 1.76. The van der Waals surface area contributed by atoms with Gasteiger partial charge in [-0.3, -0.25) is 4.79 Å². The lowest BCUT2D eigenvalue weighted by Crippen LogP contribution is -2.11. The normalized spacial score (nSPS) is 10.1. The number of hydrogen-bond acceptors (Lipinski definition) is 3. The van der Waals surface area contributed by atoms with E-state index in [0.29, 0.717) is 11.3 Å². The molecule has 2 aromatic rings. The molecule has 3 N–H and O–H groups in total. The van der Waals surface area contributed by atoms with E-state index in [1.165, 1.54) is 18.2 Å². The van der Waals surface area contributed by atoms with Crippen LogP contribution in [-0.4, -0.2) is 16.1 Å². The number of phenolic OH excluding ortho intramolecular Hbond substituents is 2. The molecule has 0 unspecified atom stereocenters. The van der Waals surface area contributed by atoms with Crippen molar-refractivity contribution in [3.05, 3.63) is 53.6 Å². The van der Waals surface area contributed by atoms with E-state index in [2.05, 4.69) is 5.32 Å². The number of nitrogens with one attached hydrogen (secondary N) is 1. The number of aryl methyl sites for hydroxylation is 1. The average molecular weight is 243 g/mol. The molecule has 1 amide bonds. The van der Waals surface area contributed by atoms with E-state index in [-0.39, 0.29) is 17.4 Å². The Labute approximate surface area is 105 Å². The molecule has 92 valence electrons. The third-order valence-corrected chi connectivity index (χ3v) is 2.60. The van der Waals surface area contributed by atoms with Crippen LogP contribution in [0.2, 0.25) is 0 Å². The van der Waals surface area contributed by atoms with E-state index >= 15 is 0 Å². The second kappa shape index (κ2) is 4.79. The summed E-state index contributed by atoms with van der Waals surface area (Å²) in [7, 11) is 0. The molecule has 0 spiro atoms. The van der Waals surface area contributed by atoms with Gasteiger partial charge in [0.15, 0.2) is 0 Å². The van der Waals surface area contributed by atoms with Crippen LogP contribution >= 0.6 is 0 Å². The summed E-state index contributed by atoms with van der Waals surface area (Å²) in [5.74, 6) is -0.0784. The van der Waals surface area contributed by atoms with Crippen LogP contribution < -0.4 is 5.32 Å². The van der Waals surface area contributed by atoms with Crippen molar-refractivity contribution in [2.45, 2.75) is 6.92 Å². The van der Waals surface area contributed by atoms with Gasteiger partial charge in [0.2, 0.25) is 0 Å². The highest BCUT2D eigenvalue weighted by Gasteiger charge is 2.08. The highest BCUT2D eigenvalue weighted by Crippen LogP contribution is 2.19. The van der Waals surface area contributed by atoms with Crippen LogP contribution in [-0.2, 0) is 0 Å². The fourth-order valence-electron chi connectivity index (χ4n) is 1.50. The first-order valence-corrected chi connectivity index (χ1v) is 5.46. The van der Waals surface area contributed by atoms with Gasteiger partial charge in [0, 0.05) is 11.3 Å². The van der Waals surface area contributed by atoms with Gasteiger partial charge in [0.05, 0.1) is 0 Å². The van der Waals surface area contributed by atoms with E-state index in [1.54, 1.807) is 31.2 Å². The SMILES string of the molecule is Cc1ccc(C(=O)Nc2ccc(O)cc2)cc1O. The zero-order valence-electron chi connectivity index (χ0n) is 9.84. The molecule has 0 saturated carbocycles.